The molecule has 0 heterocycles. The third kappa shape index (κ3) is 3.86. The number of hydrogen-bond acceptors (Lipinski definition) is 4. The van der Waals surface area contributed by atoms with Crippen LogP contribution in [0, 0.1) is 0 Å². The van der Waals surface area contributed by atoms with Crippen LogP contribution in [0.25, 0.3) is 0 Å². The Balaban J connectivity index is 2.70. The summed E-state index contributed by atoms with van der Waals surface area (Å²) in [4.78, 5) is 23.9. The second-order valence-electron chi connectivity index (χ2n) is 4.50. The average Bonchev–Trinajstić information content (AvgIpc) is 2.43. The van der Waals surface area contributed by atoms with Gasteiger partial charge < -0.3 is 20.3 Å². The topological polar surface area (TPSA) is 99.1 Å². The molecule has 0 saturated carbocycles. The monoisotopic (exact) mass is 282 g/mol. The van der Waals surface area contributed by atoms with Gasteiger partial charge in [-0.25, -0.2) is 9.59 Å². The van der Waals surface area contributed by atoms with Crippen LogP contribution in [-0.4, -0.2) is 48.5 Å². The van der Waals surface area contributed by atoms with E-state index in [1.807, 2.05) is 0 Å². The summed E-state index contributed by atoms with van der Waals surface area (Å²) < 4.78 is 5.05. The Morgan fingerprint density at radius 2 is 2.10 bits per heavy atom. The van der Waals surface area contributed by atoms with E-state index < -0.39 is 24.1 Å². The zero-order chi connectivity index (χ0) is 15.3. The Morgan fingerprint density at radius 3 is 2.65 bits per heavy atom. The molecule has 7 nitrogen and oxygen atoms in total. The Kier molecular flexibility index (Phi) is 4.93. The van der Waals surface area contributed by atoms with E-state index in [9.17, 15) is 14.7 Å². The van der Waals surface area contributed by atoms with Gasteiger partial charge in [0.05, 0.1) is 13.7 Å². The number of nitrogens with one attached hydrogen (secondary N) is 1. The molecule has 3 N–H and O–H groups in total. The molecule has 20 heavy (non-hydrogen) atoms. The van der Waals surface area contributed by atoms with Gasteiger partial charge in [0, 0.05) is 18.8 Å². The summed E-state index contributed by atoms with van der Waals surface area (Å²) in [5.74, 6) is -0.804. The fourth-order valence-corrected chi connectivity index (χ4v) is 1.38. The molecule has 0 aliphatic carbocycles. The van der Waals surface area contributed by atoms with E-state index in [0.29, 0.717) is 11.4 Å². The van der Waals surface area contributed by atoms with Gasteiger partial charge in [-0.2, -0.15) is 0 Å². The molecule has 0 spiro atoms. The van der Waals surface area contributed by atoms with Crippen LogP contribution in [-0.2, 0) is 4.79 Å². The molecule has 1 aromatic rings. The SMILES string of the molecule is COc1cccc(N(C)C(=O)NCC(C)(O)C(=O)O)c1. The van der Waals surface area contributed by atoms with E-state index in [4.69, 9.17) is 9.84 Å². The molecule has 0 aliphatic heterocycles. The molecule has 0 aromatic heterocycles. The van der Waals surface area contributed by atoms with Crippen molar-refractivity contribution < 1.29 is 24.5 Å². The summed E-state index contributed by atoms with van der Waals surface area (Å²) in [5, 5.41) is 20.6. The van der Waals surface area contributed by atoms with Crippen LogP contribution in [0.5, 0.6) is 5.75 Å². The predicted octanol–water partition coefficient (Wildman–Crippen LogP) is 0.677. The number of ether oxygens (including phenoxy) is 1. The number of methoxy groups -OCH3 is 1. The molecule has 7 heteroatoms. The number of benzene rings is 1. The van der Waals surface area contributed by atoms with Crippen molar-refractivity contribution >= 4 is 17.7 Å². The summed E-state index contributed by atoms with van der Waals surface area (Å²) in [6.45, 7) is 0.719. The van der Waals surface area contributed by atoms with E-state index in [-0.39, 0.29) is 0 Å². The number of amides is 2. The van der Waals surface area contributed by atoms with Crippen molar-refractivity contribution in [3.8, 4) is 5.75 Å². The summed E-state index contributed by atoms with van der Waals surface area (Å²) in [6, 6.07) is 6.31. The number of aliphatic hydroxyl groups is 1. The molecule has 0 fully saturated rings. The average molecular weight is 282 g/mol. The van der Waals surface area contributed by atoms with E-state index in [1.165, 1.54) is 19.1 Å². The number of carboxylic acid groups (broad SMARTS) is 1. The first-order valence-electron chi connectivity index (χ1n) is 5.89. The van der Waals surface area contributed by atoms with Crippen molar-refractivity contribution in [2.45, 2.75) is 12.5 Å². The van der Waals surface area contributed by atoms with Gasteiger partial charge in [0.15, 0.2) is 5.60 Å². The van der Waals surface area contributed by atoms with Gasteiger partial charge in [0.25, 0.3) is 0 Å². The number of urea groups is 1. The molecule has 110 valence electrons. The number of hydrogen-bond donors (Lipinski definition) is 3. The van der Waals surface area contributed by atoms with Gasteiger partial charge >= 0.3 is 12.0 Å². The lowest BCUT2D eigenvalue weighted by Crippen LogP contribution is -2.49. The number of rotatable bonds is 5. The molecular formula is C13H18N2O5. The first-order chi connectivity index (χ1) is 9.27. The Morgan fingerprint density at radius 1 is 1.45 bits per heavy atom. The smallest absolute Gasteiger partial charge is 0.337 e. The highest BCUT2D eigenvalue weighted by Crippen LogP contribution is 2.19. The number of anilines is 1. The molecule has 1 unspecified atom stereocenters. The standard InChI is InChI=1S/C13H18N2O5/c1-13(19,11(16)17)8-14-12(18)15(2)9-5-4-6-10(7-9)20-3/h4-7,19H,8H2,1-3H3,(H,14,18)(H,16,17). The van der Waals surface area contributed by atoms with Gasteiger partial charge in [0.2, 0.25) is 0 Å². The minimum absolute atomic E-state index is 0.393. The van der Waals surface area contributed by atoms with Crippen LogP contribution in [0.2, 0.25) is 0 Å². The number of aliphatic carboxylic acids is 1. The van der Waals surface area contributed by atoms with Crippen molar-refractivity contribution in [1.29, 1.82) is 0 Å². The lowest BCUT2D eigenvalue weighted by atomic mass is 10.1. The maximum absolute atomic E-state index is 11.9. The number of carbonyl (C=O) groups excluding carboxylic acids is 1. The molecule has 1 rings (SSSR count). The second kappa shape index (κ2) is 6.25. The molecular weight excluding hydrogens is 264 g/mol. The van der Waals surface area contributed by atoms with Crippen LogP contribution in [0.1, 0.15) is 6.92 Å². The largest absolute Gasteiger partial charge is 0.497 e. The highest BCUT2D eigenvalue weighted by Gasteiger charge is 2.30. The summed E-state index contributed by atoms with van der Waals surface area (Å²) in [7, 11) is 3.04. The van der Waals surface area contributed by atoms with Crippen molar-refractivity contribution in [2.75, 3.05) is 25.6 Å². The molecule has 1 atom stereocenters. The lowest BCUT2D eigenvalue weighted by molar-refractivity contribution is -0.155. The van der Waals surface area contributed by atoms with E-state index in [2.05, 4.69) is 5.32 Å². The van der Waals surface area contributed by atoms with Crippen molar-refractivity contribution in [1.82, 2.24) is 5.32 Å². The minimum Gasteiger partial charge on any atom is -0.497 e. The van der Waals surface area contributed by atoms with E-state index >= 15 is 0 Å². The third-order valence-electron chi connectivity index (χ3n) is 2.79. The van der Waals surface area contributed by atoms with Gasteiger partial charge in [-0.3, -0.25) is 4.90 Å². The molecule has 0 radical (unpaired) electrons. The Hall–Kier alpha value is -2.28. The molecule has 0 aliphatic rings. The maximum Gasteiger partial charge on any atom is 0.337 e. The molecule has 0 saturated heterocycles. The summed E-state index contributed by atoms with van der Waals surface area (Å²) in [6.07, 6.45) is 0. The predicted molar refractivity (Wildman–Crippen MR) is 73.1 cm³/mol. The van der Waals surface area contributed by atoms with Gasteiger partial charge in [-0.1, -0.05) is 6.07 Å². The van der Waals surface area contributed by atoms with Crippen molar-refractivity contribution in [3.05, 3.63) is 24.3 Å². The van der Waals surface area contributed by atoms with Crippen molar-refractivity contribution in [3.63, 3.8) is 0 Å². The van der Waals surface area contributed by atoms with Crippen LogP contribution in [0.4, 0.5) is 10.5 Å². The highest BCUT2D eigenvalue weighted by atomic mass is 16.5. The van der Waals surface area contributed by atoms with Gasteiger partial charge in [0.1, 0.15) is 5.75 Å². The van der Waals surface area contributed by atoms with Crippen LogP contribution in [0.15, 0.2) is 24.3 Å². The fraction of sp³-hybridized carbons (Fsp3) is 0.385. The fourth-order valence-electron chi connectivity index (χ4n) is 1.38. The first-order valence-corrected chi connectivity index (χ1v) is 5.89. The van der Waals surface area contributed by atoms with Crippen LogP contribution < -0.4 is 15.0 Å². The first kappa shape index (κ1) is 15.8. The van der Waals surface area contributed by atoms with E-state index in [0.717, 1.165) is 6.92 Å². The highest BCUT2D eigenvalue weighted by molar-refractivity contribution is 5.92. The van der Waals surface area contributed by atoms with Crippen LogP contribution in [0.3, 0.4) is 0 Å². The zero-order valence-electron chi connectivity index (χ0n) is 11.6. The van der Waals surface area contributed by atoms with Gasteiger partial charge in [-0.05, 0) is 19.1 Å². The molecule has 1 aromatic carbocycles. The Bertz CT molecular complexity index is 501. The van der Waals surface area contributed by atoms with Crippen molar-refractivity contribution in [2.24, 2.45) is 0 Å². The molecule has 2 amide bonds. The maximum atomic E-state index is 11.9. The van der Waals surface area contributed by atoms with Gasteiger partial charge in [-0.15, -0.1) is 0 Å². The minimum atomic E-state index is -2.01. The number of carbonyl (C=O) groups is 2. The Labute approximate surface area is 116 Å². The summed E-state index contributed by atoms with van der Waals surface area (Å²) in [5.41, 5.74) is -1.43. The van der Waals surface area contributed by atoms with E-state index in [1.54, 1.807) is 24.3 Å². The quantitative estimate of drug-likeness (QED) is 0.737. The number of nitrogens with zero attached hydrogens (tertiary/aromatic N) is 1. The lowest BCUT2D eigenvalue weighted by Gasteiger charge is -2.22. The van der Waals surface area contributed by atoms with Crippen LogP contribution >= 0.6 is 0 Å². The molecule has 0 bridgehead atoms. The third-order valence-corrected chi connectivity index (χ3v) is 2.79. The normalized spacial score (nSPS) is 13.2. The zero-order valence-corrected chi connectivity index (χ0v) is 11.6. The second-order valence-corrected chi connectivity index (χ2v) is 4.50. The summed E-state index contributed by atoms with van der Waals surface area (Å²) >= 11 is 0. The number of carboxylic acids is 1.